The van der Waals surface area contributed by atoms with Gasteiger partial charge in [0.2, 0.25) is 0 Å². The molecule has 2 heterocycles. The average molecular weight is 293 g/mol. The maximum atomic E-state index is 4.63. The van der Waals surface area contributed by atoms with Gasteiger partial charge in [-0.15, -0.1) is 0 Å². The Morgan fingerprint density at radius 2 is 2.10 bits per heavy atom. The van der Waals surface area contributed by atoms with Crippen molar-refractivity contribution < 1.29 is 0 Å². The zero-order chi connectivity index (χ0) is 14.4. The number of aromatic nitrogens is 4. The summed E-state index contributed by atoms with van der Waals surface area (Å²) in [4.78, 5) is 9.25. The zero-order valence-corrected chi connectivity index (χ0v) is 13.3. The summed E-state index contributed by atoms with van der Waals surface area (Å²) >= 11 is 1.91. The van der Waals surface area contributed by atoms with Gasteiger partial charge in [-0.1, -0.05) is 19.8 Å². The van der Waals surface area contributed by atoms with Crippen LogP contribution in [-0.4, -0.2) is 32.0 Å². The van der Waals surface area contributed by atoms with Gasteiger partial charge in [-0.25, -0.2) is 9.97 Å². The van der Waals surface area contributed by atoms with E-state index in [1.54, 1.807) is 0 Å². The maximum Gasteiger partial charge on any atom is 0.163 e. The fourth-order valence-corrected chi connectivity index (χ4v) is 2.92. The molecule has 110 valence electrons. The smallest absolute Gasteiger partial charge is 0.163 e. The van der Waals surface area contributed by atoms with Crippen molar-refractivity contribution in [3.05, 3.63) is 12.0 Å². The molecule has 5 nitrogen and oxygen atoms in total. The Bertz CT molecular complexity index is 552. The molecule has 6 heteroatoms. The summed E-state index contributed by atoms with van der Waals surface area (Å²) in [5.41, 5.74) is 0.903. The number of nitrogens with one attached hydrogen (secondary N) is 1. The first-order valence-corrected chi connectivity index (χ1v) is 8.42. The van der Waals surface area contributed by atoms with Crippen LogP contribution in [-0.2, 0) is 12.8 Å². The van der Waals surface area contributed by atoms with Crippen LogP contribution in [0.1, 0.15) is 38.9 Å². The summed E-state index contributed by atoms with van der Waals surface area (Å²) in [5.74, 6) is 3.83. The third-order valence-corrected chi connectivity index (χ3v) is 4.15. The van der Waals surface area contributed by atoms with Crippen LogP contribution in [0.5, 0.6) is 0 Å². The minimum absolute atomic E-state index is 0.851. The van der Waals surface area contributed by atoms with Gasteiger partial charge < -0.3 is 5.32 Å². The fraction of sp³-hybridized carbons (Fsp3) is 0.643. The Balaban J connectivity index is 2.10. The molecular formula is C14H23N5S. The van der Waals surface area contributed by atoms with E-state index < -0.39 is 0 Å². The molecule has 0 aliphatic rings. The lowest BCUT2D eigenvalue weighted by atomic mass is 10.3. The molecule has 0 aliphatic carbocycles. The average Bonchev–Trinajstić information content (AvgIpc) is 2.81. The molecule has 0 bridgehead atoms. The molecule has 2 aromatic heterocycles. The molecule has 0 saturated heterocycles. The van der Waals surface area contributed by atoms with Crippen LogP contribution in [0.4, 0.5) is 5.82 Å². The number of hydrogen-bond acceptors (Lipinski definition) is 5. The van der Waals surface area contributed by atoms with E-state index in [1.165, 1.54) is 25.0 Å². The van der Waals surface area contributed by atoms with Crippen molar-refractivity contribution in [1.29, 1.82) is 0 Å². The predicted molar refractivity (Wildman–Crippen MR) is 86.2 cm³/mol. The quantitative estimate of drug-likeness (QED) is 0.757. The molecular weight excluding hydrogens is 270 g/mol. The van der Waals surface area contributed by atoms with Crippen LogP contribution in [0, 0.1) is 0 Å². The number of fused-ring (bicyclic) bond motifs is 1. The summed E-state index contributed by atoms with van der Waals surface area (Å²) in [7, 11) is 1.92. The second-order valence-electron chi connectivity index (χ2n) is 4.78. The van der Waals surface area contributed by atoms with Gasteiger partial charge in [0.1, 0.15) is 11.6 Å². The topological polar surface area (TPSA) is 55.6 Å². The second kappa shape index (κ2) is 7.47. The number of rotatable bonds is 8. The number of unbranched alkanes of at least 4 members (excludes halogenated alkanes) is 2. The Morgan fingerprint density at radius 3 is 2.85 bits per heavy atom. The van der Waals surface area contributed by atoms with Crippen molar-refractivity contribution in [1.82, 2.24) is 19.7 Å². The second-order valence-corrected chi connectivity index (χ2v) is 5.89. The van der Waals surface area contributed by atoms with Crippen molar-refractivity contribution in [3.63, 3.8) is 0 Å². The van der Waals surface area contributed by atoms with E-state index in [4.69, 9.17) is 0 Å². The van der Waals surface area contributed by atoms with Crippen LogP contribution in [0.2, 0.25) is 0 Å². The van der Waals surface area contributed by atoms with Crippen molar-refractivity contribution in [2.24, 2.45) is 7.05 Å². The highest BCUT2D eigenvalue weighted by molar-refractivity contribution is 7.98. The van der Waals surface area contributed by atoms with E-state index in [1.807, 2.05) is 29.7 Å². The lowest BCUT2D eigenvalue weighted by Crippen LogP contribution is -2.05. The number of hydrogen-bond donors (Lipinski definition) is 1. The van der Waals surface area contributed by atoms with E-state index in [0.29, 0.717) is 0 Å². The largest absolute Gasteiger partial charge is 0.370 e. The number of aryl methyl sites for hydroxylation is 1. The van der Waals surface area contributed by atoms with Gasteiger partial charge in [0.25, 0.3) is 0 Å². The third kappa shape index (κ3) is 3.62. The molecule has 1 N–H and O–H groups in total. The van der Waals surface area contributed by atoms with Crippen LogP contribution >= 0.6 is 11.8 Å². The molecule has 0 aliphatic heterocycles. The highest BCUT2D eigenvalue weighted by Crippen LogP contribution is 2.21. The van der Waals surface area contributed by atoms with Crippen LogP contribution in [0.15, 0.2) is 6.20 Å². The maximum absolute atomic E-state index is 4.63. The van der Waals surface area contributed by atoms with Crippen molar-refractivity contribution in [2.75, 3.05) is 17.6 Å². The highest BCUT2D eigenvalue weighted by Gasteiger charge is 2.10. The normalized spacial score (nSPS) is 11.2. The summed E-state index contributed by atoms with van der Waals surface area (Å²) in [6, 6.07) is 0. The summed E-state index contributed by atoms with van der Waals surface area (Å²) in [6.07, 6.45) is 5.67. The minimum atomic E-state index is 0.851. The molecule has 2 rings (SSSR count). The zero-order valence-electron chi connectivity index (χ0n) is 12.5. The molecule has 0 radical (unpaired) electrons. The molecule has 0 amide bonds. The lowest BCUT2D eigenvalue weighted by molar-refractivity contribution is 0.777. The van der Waals surface area contributed by atoms with Gasteiger partial charge in [-0.3, -0.25) is 4.68 Å². The van der Waals surface area contributed by atoms with Gasteiger partial charge in [-0.2, -0.15) is 16.9 Å². The Hall–Kier alpha value is -1.30. The van der Waals surface area contributed by atoms with Gasteiger partial charge >= 0.3 is 0 Å². The summed E-state index contributed by atoms with van der Waals surface area (Å²) in [5, 5.41) is 8.56. The van der Waals surface area contributed by atoms with Gasteiger partial charge in [0, 0.05) is 13.6 Å². The van der Waals surface area contributed by atoms with E-state index in [0.717, 1.165) is 35.0 Å². The van der Waals surface area contributed by atoms with E-state index >= 15 is 0 Å². The number of nitrogens with zero attached hydrogens (tertiary/aromatic N) is 4. The number of anilines is 1. The summed E-state index contributed by atoms with van der Waals surface area (Å²) < 4.78 is 1.81. The third-order valence-electron chi connectivity index (χ3n) is 3.11. The predicted octanol–water partition coefficient (Wildman–Crippen LogP) is 3.22. The highest BCUT2D eigenvalue weighted by atomic mass is 32.2. The molecule has 0 saturated carbocycles. The first-order chi connectivity index (χ1) is 9.76. The molecule has 20 heavy (non-hydrogen) atoms. The Labute approximate surface area is 124 Å². The monoisotopic (exact) mass is 293 g/mol. The van der Waals surface area contributed by atoms with Crippen molar-refractivity contribution in [2.45, 2.75) is 38.9 Å². The molecule has 0 aromatic carbocycles. The van der Waals surface area contributed by atoms with Crippen molar-refractivity contribution >= 4 is 28.6 Å². The van der Waals surface area contributed by atoms with Crippen LogP contribution < -0.4 is 5.32 Å². The van der Waals surface area contributed by atoms with E-state index in [-0.39, 0.29) is 0 Å². The lowest BCUT2D eigenvalue weighted by Gasteiger charge is -2.07. The first-order valence-electron chi connectivity index (χ1n) is 7.26. The number of thioether (sulfide) groups is 1. The first kappa shape index (κ1) is 15.1. The SMILES string of the molecule is CCCCCSCc1nc(NCC)c2cnn(C)c2n1. The fourth-order valence-electron chi connectivity index (χ4n) is 2.05. The summed E-state index contributed by atoms with van der Waals surface area (Å²) in [6.45, 7) is 5.15. The Kier molecular flexibility index (Phi) is 5.64. The Morgan fingerprint density at radius 1 is 1.25 bits per heavy atom. The standard InChI is InChI=1S/C14H23N5S/c1-4-6-7-8-20-10-12-17-13(15-5-2)11-9-16-19(3)14(11)18-12/h9H,4-8,10H2,1-3H3,(H,15,17,18). The van der Waals surface area contributed by atoms with E-state index in [9.17, 15) is 0 Å². The molecule has 0 unspecified atom stereocenters. The molecule has 2 aromatic rings. The van der Waals surface area contributed by atoms with Gasteiger partial charge in [0.15, 0.2) is 5.65 Å². The minimum Gasteiger partial charge on any atom is -0.370 e. The van der Waals surface area contributed by atoms with Crippen LogP contribution in [0.3, 0.4) is 0 Å². The van der Waals surface area contributed by atoms with Gasteiger partial charge in [-0.05, 0) is 19.1 Å². The van der Waals surface area contributed by atoms with E-state index in [2.05, 4.69) is 34.2 Å². The van der Waals surface area contributed by atoms with Crippen molar-refractivity contribution in [3.8, 4) is 0 Å². The van der Waals surface area contributed by atoms with Gasteiger partial charge in [0.05, 0.1) is 17.3 Å². The molecule has 0 atom stereocenters. The molecule has 0 fully saturated rings. The molecule has 0 spiro atoms. The van der Waals surface area contributed by atoms with Crippen LogP contribution in [0.25, 0.3) is 11.0 Å².